The summed E-state index contributed by atoms with van der Waals surface area (Å²) in [5.74, 6) is -0.833. The van der Waals surface area contributed by atoms with E-state index in [1.165, 1.54) is 12.1 Å². The van der Waals surface area contributed by atoms with Crippen molar-refractivity contribution in [3.63, 3.8) is 0 Å². The molecule has 0 aromatic heterocycles. The molecule has 5 heteroatoms. The van der Waals surface area contributed by atoms with Gasteiger partial charge in [0.1, 0.15) is 5.82 Å². The Labute approximate surface area is 113 Å². The third-order valence-corrected chi connectivity index (χ3v) is 2.97. The summed E-state index contributed by atoms with van der Waals surface area (Å²) in [5.41, 5.74) is 6.01. The van der Waals surface area contributed by atoms with Gasteiger partial charge in [0, 0.05) is 25.9 Å². The molecule has 0 aliphatic heterocycles. The normalized spacial score (nSPS) is 11.4. The Balaban J connectivity index is 2.62. The predicted molar refractivity (Wildman–Crippen MR) is 73.4 cm³/mol. The van der Waals surface area contributed by atoms with Crippen LogP contribution in [0.5, 0.6) is 0 Å². The number of nitrogens with one attached hydrogen (secondary N) is 1. The maximum Gasteiger partial charge on any atom is 0.253 e. The van der Waals surface area contributed by atoms with Crippen molar-refractivity contribution < 1.29 is 13.9 Å². The van der Waals surface area contributed by atoms with Crippen LogP contribution in [-0.4, -0.2) is 26.2 Å². The molecule has 0 aliphatic carbocycles. The Kier molecular flexibility index (Phi) is 5.30. The lowest BCUT2D eigenvalue weighted by Gasteiger charge is -2.24. The number of halogens is 1. The fourth-order valence-electron chi connectivity index (χ4n) is 1.61. The van der Waals surface area contributed by atoms with Gasteiger partial charge in [-0.1, -0.05) is 13.8 Å². The van der Waals surface area contributed by atoms with Gasteiger partial charge in [-0.25, -0.2) is 4.39 Å². The second-order valence-electron chi connectivity index (χ2n) is 5.32. The quantitative estimate of drug-likeness (QED) is 0.777. The summed E-state index contributed by atoms with van der Waals surface area (Å²) in [5, 5.41) is 2.78. The zero-order valence-electron chi connectivity index (χ0n) is 11.6. The van der Waals surface area contributed by atoms with Crippen LogP contribution in [0.1, 0.15) is 30.6 Å². The monoisotopic (exact) mass is 268 g/mol. The SMILES string of the molecule is COCCC(C)(C)CNC(=O)c1cc(F)ccc1N. The van der Waals surface area contributed by atoms with E-state index in [1.54, 1.807) is 7.11 Å². The van der Waals surface area contributed by atoms with Crippen LogP contribution >= 0.6 is 0 Å². The van der Waals surface area contributed by atoms with E-state index in [2.05, 4.69) is 5.32 Å². The zero-order chi connectivity index (χ0) is 14.5. The molecule has 3 N–H and O–H groups in total. The number of carbonyl (C=O) groups is 1. The Bertz CT molecular complexity index is 447. The summed E-state index contributed by atoms with van der Waals surface area (Å²) < 4.78 is 18.1. The fourth-order valence-corrected chi connectivity index (χ4v) is 1.61. The molecule has 106 valence electrons. The largest absolute Gasteiger partial charge is 0.398 e. The smallest absolute Gasteiger partial charge is 0.253 e. The van der Waals surface area contributed by atoms with Crippen LogP contribution in [0.25, 0.3) is 0 Å². The van der Waals surface area contributed by atoms with Crippen LogP contribution < -0.4 is 11.1 Å². The Morgan fingerprint density at radius 3 is 2.79 bits per heavy atom. The summed E-state index contributed by atoms with van der Waals surface area (Å²) in [6.07, 6.45) is 0.822. The first-order valence-electron chi connectivity index (χ1n) is 6.18. The molecule has 0 fully saturated rings. The van der Waals surface area contributed by atoms with Crippen LogP contribution in [0, 0.1) is 11.2 Å². The average molecular weight is 268 g/mol. The molecule has 4 nitrogen and oxygen atoms in total. The summed E-state index contributed by atoms with van der Waals surface area (Å²) in [4.78, 5) is 11.9. The minimum absolute atomic E-state index is 0.0895. The number of carbonyl (C=O) groups excluding carboxylic acids is 1. The number of amides is 1. The first-order valence-corrected chi connectivity index (χ1v) is 6.18. The van der Waals surface area contributed by atoms with Crippen molar-refractivity contribution in [2.24, 2.45) is 5.41 Å². The lowest BCUT2D eigenvalue weighted by molar-refractivity contribution is 0.0921. The van der Waals surface area contributed by atoms with E-state index in [4.69, 9.17) is 10.5 Å². The minimum atomic E-state index is -0.474. The van der Waals surface area contributed by atoms with Gasteiger partial charge in [0.2, 0.25) is 0 Å². The molecule has 0 unspecified atom stereocenters. The van der Waals surface area contributed by atoms with E-state index in [9.17, 15) is 9.18 Å². The first kappa shape index (κ1) is 15.4. The van der Waals surface area contributed by atoms with Gasteiger partial charge in [0.05, 0.1) is 5.56 Å². The van der Waals surface area contributed by atoms with Gasteiger partial charge in [-0.05, 0) is 30.0 Å². The molecule has 0 bridgehead atoms. The molecule has 0 saturated carbocycles. The second kappa shape index (κ2) is 6.52. The summed E-state index contributed by atoms with van der Waals surface area (Å²) in [6, 6.07) is 3.77. The van der Waals surface area contributed by atoms with Gasteiger partial charge in [0.15, 0.2) is 0 Å². The fraction of sp³-hybridized carbons (Fsp3) is 0.500. The highest BCUT2D eigenvalue weighted by molar-refractivity contribution is 5.99. The molecule has 0 aliphatic rings. The molecule has 0 atom stereocenters. The van der Waals surface area contributed by atoms with Crippen LogP contribution in [-0.2, 0) is 4.74 Å². The van der Waals surface area contributed by atoms with Crippen molar-refractivity contribution in [3.05, 3.63) is 29.6 Å². The van der Waals surface area contributed by atoms with Crippen molar-refractivity contribution >= 4 is 11.6 Å². The highest BCUT2D eigenvalue weighted by Gasteiger charge is 2.19. The van der Waals surface area contributed by atoms with E-state index < -0.39 is 5.82 Å². The van der Waals surface area contributed by atoms with Crippen LogP contribution in [0.2, 0.25) is 0 Å². The van der Waals surface area contributed by atoms with E-state index in [0.29, 0.717) is 13.2 Å². The van der Waals surface area contributed by atoms with E-state index >= 15 is 0 Å². The number of nitrogens with two attached hydrogens (primary N) is 1. The van der Waals surface area contributed by atoms with Crippen molar-refractivity contribution in [2.45, 2.75) is 20.3 Å². The van der Waals surface area contributed by atoms with E-state index in [-0.39, 0.29) is 22.6 Å². The molecule has 0 heterocycles. The number of rotatable bonds is 6. The molecular formula is C14H21FN2O2. The maximum atomic E-state index is 13.1. The summed E-state index contributed by atoms with van der Waals surface area (Å²) in [7, 11) is 1.64. The van der Waals surface area contributed by atoms with Crippen LogP contribution in [0.15, 0.2) is 18.2 Å². The van der Waals surface area contributed by atoms with Gasteiger partial charge < -0.3 is 15.8 Å². The van der Waals surface area contributed by atoms with Gasteiger partial charge >= 0.3 is 0 Å². The molecule has 1 aromatic rings. The highest BCUT2D eigenvalue weighted by Crippen LogP contribution is 2.19. The zero-order valence-corrected chi connectivity index (χ0v) is 11.6. The average Bonchev–Trinajstić information content (AvgIpc) is 2.36. The molecule has 1 rings (SSSR count). The topological polar surface area (TPSA) is 64.3 Å². The van der Waals surface area contributed by atoms with Crippen LogP contribution in [0.3, 0.4) is 0 Å². The van der Waals surface area contributed by atoms with Gasteiger partial charge in [-0.2, -0.15) is 0 Å². The molecule has 0 saturated heterocycles. The summed E-state index contributed by atoms with van der Waals surface area (Å²) >= 11 is 0. The molecular weight excluding hydrogens is 247 g/mol. The van der Waals surface area contributed by atoms with Crippen molar-refractivity contribution in [2.75, 3.05) is 26.0 Å². The van der Waals surface area contributed by atoms with Gasteiger partial charge in [-0.3, -0.25) is 4.79 Å². The number of hydrogen-bond donors (Lipinski definition) is 2. The third kappa shape index (κ3) is 4.87. The Morgan fingerprint density at radius 1 is 1.47 bits per heavy atom. The van der Waals surface area contributed by atoms with Crippen molar-refractivity contribution in [1.82, 2.24) is 5.32 Å². The minimum Gasteiger partial charge on any atom is -0.398 e. The standard InChI is InChI=1S/C14H21FN2O2/c1-14(2,6-7-19-3)9-17-13(18)11-8-10(15)4-5-12(11)16/h4-5,8H,6-7,9,16H2,1-3H3,(H,17,18). The lowest BCUT2D eigenvalue weighted by atomic mass is 9.89. The second-order valence-corrected chi connectivity index (χ2v) is 5.32. The third-order valence-electron chi connectivity index (χ3n) is 2.97. The molecule has 0 spiro atoms. The number of ether oxygens (including phenoxy) is 1. The predicted octanol–water partition coefficient (Wildman–Crippen LogP) is 2.20. The lowest BCUT2D eigenvalue weighted by Crippen LogP contribution is -2.35. The number of hydrogen-bond acceptors (Lipinski definition) is 3. The van der Waals surface area contributed by atoms with Gasteiger partial charge in [0.25, 0.3) is 5.91 Å². The molecule has 1 aromatic carbocycles. The van der Waals surface area contributed by atoms with Crippen LogP contribution in [0.4, 0.5) is 10.1 Å². The molecule has 19 heavy (non-hydrogen) atoms. The van der Waals surface area contributed by atoms with Crippen molar-refractivity contribution in [3.8, 4) is 0 Å². The highest BCUT2D eigenvalue weighted by atomic mass is 19.1. The maximum absolute atomic E-state index is 13.1. The first-order chi connectivity index (χ1) is 8.85. The van der Waals surface area contributed by atoms with Gasteiger partial charge in [-0.15, -0.1) is 0 Å². The Morgan fingerprint density at radius 2 is 2.16 bits per heavy atom. The van der Waals surface area contributed by atoms with E-state index in [0.717, 1.165) is 12.5 Å². The summed E-state index contributed by atoms with van der Waals surface area (Å²) in [6.45, 7) is 5.17. The van der Waals surface area contributed by atoms with E-state index in [1.807, 2.05) is 13.8 Å². The molecule has 1 amide bonds. The van der Waals surface area contributed by atoms with Crippen molar-refractivity contribution in [1.29, 1.82) is 0 Å². The Hall–Kier alpha value is -1.62. The number of methoxy groups -OCH3 is 1. The number of anilines is 1. The number of nitrogen functional groups attached to an aromatic ring is 1. The molecule has 0 radical (unpaired) electrons. The number of benzene rings is 1.